The van der Waals surface area contributed by atoms with E-state index in [1.54, 1.807) is 0 Å². The van der Waals surface area contributed by atoms with Gasteiger partial charge in [-0.3, -0.25) is 4.79 Å². The highest BCUT2D eigenvalue weighted by atomic mass is 32.1. The maximum atomic E-state index is 11.7. The number of carbonyl (C=O) groups excluding carboxylic acids is 1. The van der Waals surface area contributed by atoms with Gasteiger partial charge in [0.05, 0.1) is 6.54 Å². The molecule has 1 aliphatic heterocycles. The highest BCUT2D eigenvalue weighted by molar-refractivity contribution is 7.80. The Hall–Kier alpha value is -0.840. The smallest absolute Gasteiger partial charge is 0.241 e. The average Bonchev–Trinajstić information content (AvgIpc) is 2.27. The lowest BCUT2D eigenvalue weighted by Crippen LogP contribution is -2.45. The van der Waals surface area contributed by atoms with Gasteiger partial charge in [-0.25, -0.2) is 0 Å². The first-order valence-corrected chi connectivity index (χ1v) is 5.94. The summed E-state index contributed by atoms with van der Waals surface area (Å²) >= 11 is 4.98. The van der Waals surface area contributed by atoms with Crippen LogP contribution >= 0.6 is 12.2 Å². The Labute approximate surface area is 96.4 Å². The molecular weight excluding hydrogens is 210 g/mol. The Kier molecular flexibility index (Phi) is 5.39. The third-order valence-corrected chi connectivity index (χ3v) is 2.73. The van der Waals surface area contributed by atoms with Gasteiger partial charge in [0, 0.05) is 19.6 Å². The van der Waals surface area contributed by atoms with Crippen molar-refractivity contribution in [3.63, 3.8) is 0 Å². The van der Waals surface area contributed by atoms with Gasteiger partial charge in [0.1, 0.15) is 0 Å². The fourth-order valence-corrected chi connectivity index (χ4v) is 1.85. The molecule has 2 N–H and O–H groups in total. The van der Waals surface area contributed by atoms with Gasteiger partial charge in [-0.2, -0.15) is 0 Å². The van der Waals surface area contributed by atoms with E-state index in [2.05, 4.69) is 10.6 Å². The summed E-state index contributed by atoms with van der Waals surface area (Å²) in [4.78, 5) is 13.6. The Morgan fingerprint density at radius 1 is 1.27 bits per heavy atom. The normalized spacial score (nSPS) is 15.9. The summed E-state index contributed by atoms with van der Waals surface area (Å²) in [6, 6.07) is 0. The number of likely N-dealkylation sites (tertiary alicyclic amines) is 1. The summed E-state index contributed by atoms with van der Waals surface area (Å²) in [5.74, 6) is 0.148. The third kappa shape index (κ3) is 4.46. The number of hydrogen-bond acceptors (Lipinski definition) is 2. The van der Waals surface area contributed by atoms with Crippen LogP contribution in [0.2, 0.25) is 0 Å². The van der Waals surface area contributed by atoms with Crippen LogP contribution in [0.3, 0.4) is 0 Å². The Balaban J connectivity index is 2.19. The molecule has 1 saturated heterocycles. The van der Waals surface area contributed by atoms with Crippen molar-refractivity contribution < 1.29 is 4.79 Å². The molecular formula is C10H19N3OS. The van der Waals surface area contributed by atoms with E-state index < -0.39 is 0 Å². The van der Waals surface area contributed by atoms with Gasteiger partial charge in [0.2, 0.25) is 5.91 Å². The quantitative estimate of drug-likeness (QED) is 0.691. The predicted molar refractivity (Wildman–Crippen MR) is 64.7 cm³/mol. The standard InChI is InChI=1S/C10H19N3OS/c1-2-11-10(15)12-8-9(14)13-6-4-3-5-7-13/h2-8H2,1H3,(H2,11,12,15). The van der Waals surface area contributed by atoms with Crippen molar-refractivity contribution in [2.75, 3.05) is 26.2 Å². The van der Waals surface area contributed by atoms with E-state index in [9.17, 15) is 4.79 Å². The van der Waals surface area contributed by atoms with E-state index in [1.807, 2.05) is 11.8 Å². The zero-order chi connectivity index (χ0) is 11.1. The SMILES string of the molecule is CCNC(=S)NCC(=O)N1CCCCC1. The van der Waals surface area contributed by atoms with Crippen LogP contribution in [-0.2, 0) is 4.79 Å². The minimum atomic E-state index is 0.148. The lowest BCUT2D eigenvalue weighted by atomic mass is 10.1. The van der Waals surface area contributed by atoms with Crippen LogP contribution in [0.1, 0.15) is 26.2 Å². The number of thiocarbonyl (C=S) groups is 1. The van der Waals surface area contributed by atoms with Gasteiger partial charge in [-0.1, -0.05) is 0 Å². The number of carbonyl (C=O) groups is 1. The van der Waals surface area contributed by atoms with Crippen LogP contribution in [0.5, 0.6) is 0 Å². The second kappa shape index (κ2) is 6.61. The van der Waals surface area contributed by atoms with E-state index in [4.69, 9.17) is 12.2 Å². The molecule has 4 nitrogen and oxygen atoms in total. The molecule has 0 aromatic rings. The first-order chi connectivity index (χ1) is 7.24. The molecule has 0 aromatic carbocycles. The van der Waals surface area contributed by atoms with Gasteiger partial charge in [0.25, 0.3) is 0 Å². The van der Waals surface area contributed by atoms with Crippen molar-refractivity contribution >= 4 is 23.2 Å². The molecule has 15 heavy (non-hydrogen) atoms. The Morgan fingerprint density at radius 3 is 2.53 bits per heavy atom. The molecule has 0 radical (unpaired) electrons. The fourth-order valence-electron chi connectivity index (χ4n) is 1.63. The molecule has 1 aliphatic rings. The van der Waals surface area contributed by atoms with E-state index in [1.165, 1.54) is 6.42 Å². The topological polar surface area (TPSA) is 44.4 Å². The lowest BCUT2D eigenvalue weighted by molar-refractivity contribution is -0.130. The molecule has 0 aliphatic carbocycles. The monoisotopic (exact) mass is 229 g/mol. The van der Waals surface area contributed by atoms with Crippen molar-refractivity contribution in [1.29, 1.82) is 0 Å². The largest absolute Gasteiger partial charge is 0.363 e. The summed E-state index contributed by atoms with van der Waals surface area (Å²) < 4.78 is 0. The van der Waals surface area contributed by atoms with Crippen LogP contribution in [0.4, 0.5) is 0 Å². The van der Waals surface area contributed by atoms with Gasteiger partial charge < -0.3 is 15.5 Å². The van der Waals surface area contributed by atoms with Crippen molar-refractivity contribution in [2.45, 2.75) is 26.2 Å². The van der Waals surface area contributed by atoms with Crippen LogP contribution < -0.4 is 10.6 Å². The van der Waals surface area contributed by atoms with Gasteiger partial charge in [-0.15, -0.1) is 0 Å². The molecule has 0 atom stereocenters. The molecule has 1 rings (SSSR count). The molecule has 5 heteroatoms. The van der Waals surface area contributed by atoms with Crippen LogP contribution in [-0.4, -0.2) is 42.1 Å². The first kappa shape index (κ1) is 12.2. The highest BCUT2D eigenvalue weighted by Gasteiger charge is 2.15. The number of nitrogens with zero attached hydrogens (tertiary/aromatic N) is 1. The van der Waals surface area contributed by atoms with Crippen LogP contribution in [0.15, 0.2) is 0 Å². The number of rotatable bonds is 3. The summed E-state index contributed by atoms with van der Waals surface area (Å²) in [7, 11) is 0. The molecule has 1 heterocycles. The fraction of sp³-hybridized carbons (Fsp3) is 0.800. The molecule has 0 saturated carbocycles. The second-order valence-electron chi connectivity index (χ2n) is 3.65. The van der Waals surface area contributed by atoms with Crippen molar-refractivity contribution in [3.8, 4) is 0 Å². The van der Waals surface area contributed by atoms with Gasteiger partial charge in [-0.05, 0) is 38.4 Å². The lowest BCUT2D eigenvalue weighted by Gasteiger charge is -2.26. The molecule has 86 valence electrons. The van der Waals surface area contributed by atoms with Crippen LogP contribution in [0, 0.1) is 0 Å². The molecule has 0 bridgehead atoms. The first-order valence-electron chi connectivity index (χ1n) is 5.53. The Morgan fingerprint density at radius 2 is 1.93 bits per heavy atom. The summed E-state index contributed by atoms with van der Waals surface area (Å²) in [5.41, 5.74) is 0. The zero-order valence-electron chi connectivity index (χ0n) is 9.21. The van der Waals surface area contributed by atoms with E-state index in [0.29, 0.717) is 11.7 Å². The maximum Gasteiger partial charge on any atom is 0.241 e. The minimum absolute atomic E-state index is 0.148. The zero-order valence-corrected chi connectivity index (χ0v) is 10.0. The number of hydrogen-bond donors (Lipinski definition) is 2. The van der Waals surface area contributed by atoms with Crippen LogP contribution in [0.25, 0.3) is 0 Å². The molecule has 0 spiro atoms. The summed E-state index contributed by atoms with van der Waals surface area (Å²) in [6.07, 6.45) is 3.50. The summed E-state index contributed by atoms with van der Waals surface area (Å²) in [6.45, 7) is 4.86. The predicted octanol–water partition coefficient (Wildman–Crippen LogP) is 0.483. The average molecular weight is 229 g/mol. The van der Waals surface area contributed by atoms with Gasteiger partial charge >= 0.3 is 0 Å². The number of amides is 1. The number of piperidine rings is 1. The van der Waals surface area contributed by atoms with E-state index in [-0.39, 0.29) is 5.91 Å². The van der Waals surface area contributed by atoms with Crippen molar-refractivity contribution in [1.82, 2.24) is 15.5 Å². The second-order valence-corrected chi connectivity index (χ2v) is 4.06. The highest BCUT2D eigenvalue weighted by Crippen LogP contribution is 2.07. The molecule has 0 aromatic heterocycles. The van der Waals surface area contributed by atoms with Crippen molar-refractivity contribution in [3.05, 3.63) is 0 Å². The maximum absolute atomic E-state index is 11.7. The molecule has 0 unspecified atom stereocenters. The molecule has 1 fully saturated rings. The minimum Gasteiger partial charge on any atom is -0.363 e. The van der Waals surface area contributed by atoms with E-state index >= 15 is 0 Å². The molecule has 1 amide bonds. The van der Waals surface area contributed by atoms with Gasteiger partial charge in [0.15, 0.2) is 5.11 Å². The third-order valence-electron chi connectivity index (χ3n) is 2.45. The van der Waals surface area contributed by atoms with Crippen molar-refractivity contribution in [2.24, 2.45) is 0 Å². The summed E-state index contributed by atoms with van der Waals surface area (Å²) in [5, 5.41) is 6.42. The number of nitrogens with one attached hydrogen (secondary N) is 2. The Bertz CT molecular complexity index is 227. The van der Waals surface area contributed by atoms with E-state index in [0.717, 1.165) is 32.5 Å².